The molecule has 26 heavy (non-hydrogen) atoms. The van der Waals surface area contributed by atoms with Gasteiger partial charge in [0.25, 0.3) is 0 Å². The molecule has 1 aliphatic carbocycles. The number of carbonyl (C=O) groups is 1. The number of methoxy groups -OCH3 is 1. The van der Waals surface area contributed by atoms with Gasteiger partial charge in [-0.15, -0.1) is 0 Å². The fourth-order valence-corrected chi connectivity index (χ4v) is 3.21. The summed E-state index contributed by atoms with van der Waals surface area (Å²) in [7, 11) is 1.38. The first-order valence-electron chi connectivity index (χ1n) is 8.50. The maximum atomic E-state index is 13.0. The van der Waals surface area contributed by atoms with Gasteiger partial charge in [-0.1, -0.05) is 25.1 Å². The van der Waals surface area contributed by atoms with E-state index in [1.807, 2.05) is 13.0 Å². The summed E-state index contributed by atoms with van der Waals surface area (Å²) in [6.45, 7) is -0.744. The van der Waals surface area contributed by atoms with E-state index in [-0.39, 0.29) is 23.0 Å². The molecule has 0 fully saturated rings. The standard InChI is InChI=1S/C20H20F2O4/c1-3-11-25-18-15(8-10-17(24-2)19(18)26-20(21)22)12-5-4-6-14-13(12)7-9-16(14)23/h4-6,8,10,20H,3,7,9,11H2,1-2H3. The summed E-state index contributed by atoms with van der Waals surface area (Å²) >= 11 is 0. The molecule has 0 aromatic heterocycles. The van der Waals surface area contributed by atoms with E-state index in [4.69, 9.17) is 14.2 Å². The highest BCUT2D eigenvalue weighted by atomic mass is 19.3. The average Bonchev–Trinajstić information content (AvgIpc) is 3.01. The van der Waals surface area contributed by atoms with Crippen molar-refractivity contribution in [2.24, 2.45) is 0 Å². The van der Waals surface area contributed by atoms with E-state index in [1.54, 1.807) is 24.3 Å². The van der Waals surface area contributed by atoms with Gasteiger partial charge in [0.05, 0.1) is 13.7 Å². The van der Waals surface area contributed by atoms with Gasteiger partial charge < -0.3 is 14.2 Å². The fraction of sp³-hybridized carbons (Fsp3) is 0.350. The lowest BCUT2D eigenvalue weighted by molar-refractivity contribution is -0.0528. The number of hydrogen-bond donors (Lipinski definition) is 0. The summed E-state index contributed by atoms with van der Waals surface area (Å²) in [5, 5.41) is 0. The first-order chi connectivity index (χ1) is 12.6. The van der Waals surface area contributed by atoms with Gasteiger partial charge in [-0.2, -0.15) is 8.78 Å². The Labute approximate surface area is 150 Å². The van der Waals surface area contributed by atoms with Crippen molar-refractivity contribution in [3.8, 4) is 28.4 Å². The first kappa shape index (κ1) is 18.2. The molecule has 1 aliphatic rings. The van der Waals surface area contributed by atoms with Crippen molar-refractivity contribution in [1.82, 2.24) is 0 Å². The quantitative estimate of drug-likeness (QED) is 0.704. The van der Waals surface area contributed by atoms with Gasteiger partial charge in [-0.05, 0) is 36.1 Å². The van der Waals surface area contributed by atoms with Crippen molar-refractivity contribution in [1.29, 1.82) is 0 Å². The molecule has 0 saturated carbocycles. The molecule has 2 aromatic rings. The minimum Gasteiger partial charge on any atom is -0.493 e. The van der Waals surface area contributed by atoms with Crippen LogP contribution in [0.5, 0.6) is 17.2 Å². The highest BCUT2D eigenvalue weighted by Gasteiger charge is 2.26. The molecule has 0 aliphatic heterocycles. The lowest BCUT2D eigenvalue weighted by Crippen LogP contribution is -2.08. The number of ether oxygens (including phenoxy) is 3. The predicted molar refractivity (Wildman–Crippen MR) is 93.5 cm³/mol. The molecule has 0 amide bonds. The molecule has 0 N–H and O–H groups in total. The summed E-state index contributed by atoms with van der Waals surface area (Å²) in [6, 6.07) is 8.77. The van der Waals surface area contributed by atoms with Crippen LogP contribution < -0.4 is 14.2 Å². The van der Waals surface area contributed by atoms with Crippen molar-refractivity contribution in [3.63, 3.8) is 0 Å². The molecule has 4 nitrogen and oxygen atoms in total. The first-order valence-corrected chi connectivity index (χ1v) is 8.50. The number of rotatable bonds is 7. The number of halogens is 2. The van der Waals surface area contributed by atoms with Crippen LogP contribution in [0.4, 0.5) is 8.78 Å². The van der Waals surface area contributed by atoms with E-state index in [0.29, 0.717) is 37.0 Å². The average molecular weight is 362 g/mol. The van der Waals surface area contributed by atoms with E-state index in [1.165, 1.54) is 7.11 Å². The van der Waals surface area contributed by atoms with E-state index in [0.717, 1.165) is 11.1 Å². The molecule has 2 aromatic carbocycles. The van der Waals surface area contributed by atoms with Crippen LogP contribution in [-0.2, 0) is 6.42 Å². The molecule has 0 radical (unpaired) electrons. The molecule has 6 heteroatoms. The Balaban J connectivity index is 2.20. The van der Waals surface area contributed by atoms with E-state index in [9.17, 15) is 13.6 Å². The zero-order chi connectivity index (χ0) is 18.7. The molecular weight excluding hydrogens is 342 g/mol. The third-order valence-electron chi connectivity index (χ3n) is 4.32. The Morgan fingerprint density at radius 3 is 2.50 bits per heavy atom. The number of fused-ring (bicyclic) bond motifs is 1. The van der Waals surface area contributed by atoms with Gasteiger partial charge in [0, 0.05) is 17.5 Å². The second kappa shape index (κ2) is 7.72. The van der Waals surface area contributed by atoms with Gasteiger partial charge in [0.2, 0.25) is 5.75 Å². The highest BCUT2D eigenvalue weighted by molar-refractivity contribution is 6.02. The molecule has 0 atom stereocenters. The molecule has 0 heterocycles. The van der Waals surface area contributed by atoms with Gasteiger partial charge in [-0.25, -0.2) is 0 Å². The Bertz CT molecular complexity index is 818. The number of carbonyl (C=O) groups excluding carboxylic acids is 1. The van der Waals surface area contributed by atoms with Gasteiger partial charge >= 0.3 is 6.61 Å². The van der Waals surface area contributed by atoms with Gasteiger partial charge in [0.1, 0.15) is 0 Å². The summed E-state index contributed by atoms with van der Waals surface area (Å²) in [5.41, 5.74) is 2.99. The van der Waals surface area contributed by atoms with Crippen LogP contribution in [0.25, 0.3) is 11.1 Å². The third kappa shape index (κ3) is 3.36. The van der Waals surface area contributed by atoms with Crippen LogP contribution >= 0.6 is 0 Å². The minimum atomic E-state index is -3.01. The largest absolute Gasteiger partial charge is 0.493 e. The van der Waals surface area contributed by atoms with Gasteiger partial charge in [0.15, 0.2) is 17.3 Å². The summed E-state index contributed by atoms with van der Waals surface area (Å²) in [4.78, 5) is 12.0. The van der Waals surface area contributed by atoms with Crippen molar-refractivity contribution in [3.05, 3.63) is 41.5 Å². The normalized spacial score (nSPS) is 13.0. The second-order valence-corrected chi connectivity index (χ2v) is 5.96. The maximum Gasteiger partial charge on any atom is 0.387 e. The van der Waals surface area contributed by atoms with E-state index in [2.05, 4.69) is 0 Å². The number of benzene rings is 2. The molecule has 3 rings (SSSR count). The van der Waals surface area contributed by atoms with E-state index >= 15 is 0 Å². The van der Waals surface area contributed by atoms with Crippen LogP contribution in [0.15, 0.2) is 30.3 Å². The molecular formula is C20H20F2O4. The topological polar surface area (TPSA) is 44.8 Å². The fourth-order valence-electron chi connectivity index (χ4n) is 3.21. The number of ketones is 1. The lowest BCUT2D eigenvalue weighted by Gasteiger charge is -2.19. The Morgan fingerprint density at radius 2 is 1.81 bits per heavy atom. The SMILES string of the molecule is CCCOc1c(-c2cccc3c2CCC3=O)ccc(OC)c1OC(F)F. The molecule has 0 unspecified atom stereocenters. The van der Waals surface area contributed by atoms with Crippen LogP contribution in [0.1, 0.15) is 35.7 Å². The Hall–Kier alpha value is -2.63. The zero-order valence-electron chi connectivity index (χ0n) is 14.7. The van der Waals surface area contributed by atoms with Crippen LogP contribution in [0.3, 0.4) is 0 Å². The molecule has 0 spiro atoms. The lowest BCUT2D eigenvalue weighted by atomic mass is 9.95. The summed E-state index contributed by atoms with van der Waals surface area (Å²) in [5.74, 6) is 0.342. The zero-order valence-corrected chi connectivity index (χ0v) is 14.7. The molecule has 0 bridgehead atoms. The summed E-state index contributed by atoms with van der Waals surface area (Å²) < 4.78 is 41.6. The Morgan fingerprint density at radius 1 is 1.04 bits per heavy atom. The van der Waals surface area contributed by atoms with Gasteiger partial charge in [-0.3, -0.25) is 4.79 Å². The van der Waals surface area contributed by atoms with Crippen LogP contribution in [0.2, 0.25) is 0 Å². The van der Waals surface area contributed by atoms with E-state index < -0.39 is 6.61 Å². The predicted octanol–water partition coefficient (Wildman–Crippen LogP) is 4.88. The third-order valence-corrected chi connectivity index (χ3v) is 4.32. The summed E-state index contributed by atoms with van der Waals surface area (Å²) in [6.07, 6.45) is 1.78. The number of hydrogen-bond acceptors (Lipinski definition) is 4. The second-order valence-electron chi connectivity index (χ2n) is 5.96. The van der Waals surface area contributed by atoms with Crippen LogP contribution in [-0.4, -0.2) is 26.1 Å². The smallest absolute Gasteiger partial charge is 0.387 e. The molecule has 0 saturated heterocycles. The van der Waals surface area contributed by atoms with Crippen molar-refractivity contribution < 1.29 is 27.8 Å². The monoisotopic (exact) mass is 362 g/mol. The maximum absolute atomic E-state index is 13.0. The molecule has 138 valence electrons. The van der Waals surface area contributed by atoms with Crippen molar-refractivity contribution in [2.45, 2.75) is 32.8 Å². The van der Waals surface area contributed by atoms with Crippen molar-refractivity contribution in [2.75, 3.05) is 13.7 Å². The van der Waals surface area contributed by atoms with Crippen molar-refractivity contribution >= 4 is 5.78 Å². The number of alkyl halides is 2. The number of Topliss-reactive ketones (excluding diaryl/α,β-unsaturated/α-hetero) is 1. The highest BCUT2D eigenvalue weighted by Crippen LogP contribution is 2.47. The van der Waals surface area contributed by atoms with Crippen LogP contribution in [0, 0.1) is 0 Å². The minimum absolute atomic E-state index is 0.0930. The Kier molecular flexibility index (Phi) is 5.40.